The molecule has 57 valence electrons. The van der Waals surface area contributed by atoms with E-state index in [9.17, 15) is 4.79 Å². The number of esters is 1. The Morgan fingerprint density at radius 2 is 2.40 bits per heavy atom. The molecule has 1 atom stereocenters. The summed E-state index contributed by atoms with van der Waals surface area (Å²) >= 11 is 0. The van der Waals surface area contributed by atoms with Crippen LogP contribution in [0.1, 0.15) is 26.2 Å². The molecule has 1 saturated carbocycles. The first-order chi connectivity index (χ1) is 4.74. The van der Waals surface area contributed by atoms with E-state index < -0.39 is 0 Å². The highest BCUT2D eigenvalue weighted by Gasteiger charge is 2.30. The Labute approximate surface area is 61.6 Å². The van der Waals surface area contributed by atoms with E-state index >= 15 is 0 Å². The van der Waals surface area contributed by atoms with E-state index in [2.05, 4.69) is 6.92 Å². The average molecular weight is 141 g/mol. The molecule has 1 radical (unpaired) electrons. The van der Waals surface area contributed by atoms with Gasteiger partial charge in [0.2, 0.25) is 0 Å². The van der Waals surface area contributed by atoms with E-state index in [1.54, 1.807) is 6.92 Å². The van der Waals surface area contributed by atoms with Gasteiger partial charge in [-0.3, -0.25) is 4.79 Å². The molecule has 0 aliphatic heterocycles. The maximum absolute atomic E-state index is 10.7. The predicted molar refractivity (Wildman–Crippen MR) is 38.3 cm³/mol. The predicted octanol–water partition coefficient (Wildman–Crippen LogP) is 1.55. The van der Waals surface area contributed by atoms with Crippen LogP contribution in [0.3, 0.4) is 0 Å². The van der Waals surface area contributed by atoms with Crippen molar-refractivity contribution in [2.45, 2.75) is 32.3 Å². The van der Waals surface area contributed by atoms with Crippen LogP contribution in [0.25, 0.3) is 0 Å². The van der Waals surface area contributed by atoms with Crippen LogP contribution < -0.4 is 0 Å². The molecule has 1 rings (SSSR count). The molecule has 2 nitrogen and oxygen atoms in total. The van der Waals surface area contributed by atoms with E-state index in [0.717, 1.165) is 0 Å². The van der Waals surface area contributed by atoms with Gasteiger partial charge in [0.15, 0.2) is 0 Å². The van der Waals surface area contributed by atoms with E-state index in [-0.39, 0.29) is 12.1 Å². The molecule has 0 aromatic carbocycles. The second-order valence-corrected chi connectivity index (χ2v) is 2.72. The summed E-state index contributed by atoms with van der Waals surface area (Å²) in [4.78, 5) is 10.7. The van der Waals surface area contributed by atoms with Gasteiger partial charge in [0.05, 0.1) is 0 Å². The first kappa shape index (κ1) is 7.58. The fourth-order valence-electron chi connectivity index (χ4n) is 0.816. The minimum Gasteiger partial charge on any atom is -0.462 e. The zero-order chi connectivity index (χ0) is 7.56. The number of hydrogen-bond donors (Lipinski definition) is 0. The fraction of sp³-hybridized carbons (Fsp3) is 0.750. The van der Waals surface area contributed by atoms with Crippen molar-refractivity contribution in [3.63, 3.8) is 0 Å². The molecule has 1 aliphatic rings. The Bertz CT molecular complexity index is 127. The van der Waals surface area contributed by atoms with E-state index in [0.29, 0.717) is 12.3 Å². The molecule has 1 unspecified atom stereocenters. The molecule has 0 spiro atoms. The molecule has 0 bridgehead atoms. The summed E-state index contributed by atoms with van der Waals surface area (Å²) < 4.78 is 4.97. The van der Waals surface area contributed by atoms with Gasteiger partial charge in [-0.25, -0.2) is 0 Å². The molecule has 0 saturated heterocycles. The lowest BCUT2D eigenvalue weighted by molar-refractivity contribution is -0.147. The zero-order valence-electron chi connectivity index (χ0n) is 6.30. The topological polar surface area (TPSA) is 26.3 Å². The average Bonchev–Trinajstić information content (AvgIpc) is 2.68. The summed E-state index contributed by atoms with van der Waals surface area (Å²) in [7, 11) is 0. The Kier molecular flexibility index (Phi) is 2.30. The van der Waals surface area contributed by atoms with Crippen molar-refractivity contribution in [3.8, 4) is 0 Å². The Balaban J connectivity index is 2.16. The highest BCUT2D eigenvalue weighted by atomic mass is 16.5. The smallest absolute Gasteiger partial charge is 0.305 e. The maximum Gasteiger partial charge on any atom is 0.305 e. The van der Waals surface area contributed by atoms with E-state index in [4.69, 9.17) is 4.74 Å². The molecule has 2 heteroatoms. The maximum atomic E-state index is 10.7. The third-order valence-electron chi connectivity index (χ3n) is 1.72. The summed E-state index contributed by atoms with van der Waals surface area (Å²) in [5.41, 5.74) is 0. The monoisotopic (exact) mass is 141 g/mol. The number of ether oxygens (including phenoxy) is 1. The lowest BCUT2D eigenvalue weighted by atomic mass is 10.3. The van der Waals surface area contributed by atoms with Crippen LogP contribution >= 0.6 is 0 Å². The summed E-state index contributed by atoms with van der Waals surface area (Å²) in [6.07, 6.45) is 2.71. The van der Waals surface area contributed by atoms with Crippen molar-refractivity contribution in [1.82, 2.24) is 0 Å². The standard InChI is InChI=1S/C8H13O2/c1-3-8(9)10-6(2)7-4-5-7/h6-7H,2-5H2,1H3. The lowest BCUT2D eigenvalue weighted by Crippen LogP contribution is -2.15. The summed E-state index contributed by atoms with van der Waals surface area (Å²) in [5.74, 6) is 0.419. The van der Waals surface area contributed by atoms with Gasteiger partial charge in [-0.15, -0.1) is 0 Å². The summed E-state index contributed by atoms with van der Waals surface area (Å²) in [5, 5.41) is 0. The van der Waals surface area contributed by atoms with Crippen LogP contribution in [0.15, 0.2) is 0 Å². The molecule has 1 fully saturated rings. The van der Waals surface area contributed by atoms with Gasteiger partial charge in [0.25, 0.3) is 0 Å². The lowest BCUT2D eigenvalue weighted by Gasteiger charge is -2.09. The van der Waals surface area contributed by atoms with Crippen molar-refractivity contribution in [3.05, 3.63) is 6.92 Å². The molecule has 0 N–H and O–H groups in total. The van der Waals surface area contributed by atoms with Gasteiger partial charge < -0.3 is 4.74 Å². The molecule has 0 heterocycles. The van der Waals surface area contributed by atoms with Gasteiger partial charge in [-0.05, 0) is 25.7 Å². The van der Waals surface area contributed by atoms with Gasteiger partial charge in [0.1, 0.15) is 6.10 Å². The first-order valence-electron chi connectivity index (χ1n) is 3.76. The van der Waals surface area contributed by atoms with Crippen molar-refractivity contribution in [1.29, 1.82) is 0 Å². The van der Waals surface area contributed by atoms with Crippen LogP contribution in [0, 0.1) is 12.8 Å². The second kappa shape index (κ2) is 3.04. The van der Waals surface area contributed by atoms with E-state index in [1.165, 1.54) is 12.8 Å². The normalized spacial score (nSPS) is 20.2. The summed E-state index contributed by atoms with van der Waals surface area (Å²) in [6, 6.07) is 0. The Morgan fingerprint density at radius 1 is 1.80 bits per heavy atom. The van der Waals surface area contributed by atoms with Crippen LogP contribution in [-0.4, -0.2) is 12.1 Å². The largest absolute Gasteiger partial charge is 0.462 e. The highest BCUT2D eigenvalue weighted by molar-refractivity contribution is 5.69. The molecule has 0 aromatic heterocycles. The number of hydrogen-bond acceptors (Lipinski definition) is 2. The van der Waals surface area contributed by atoms with Gasteiger partial charge in [-0.1, -0.05) is 6.92 Å². The zero-order valence-corrected chi connectivity index (χ0v) is 6.30. The summed E-state index contributed by atoms with van der Waals surface area (Å²) in [6.45, 7) is 5.54. The quantitative estimate of drug-likeness (QED) is 0.557. The van der Waals surface area contributed by atoms with Crippen LogP contribution in [0.2, 0.25) is 0 Å². The minimum atomic E-state index is -0.132. The highest BCUT2D eigenvalue weighted by Crippen LogP contribution is 2.33. The molecule has 10 heavy (non-hydrogen) atoms. The number of carbonyl (C=O) groups is 1. The van der Waals surface area contributed by atoms with Gasteiger partial charge in [-0.2, -0.15) is 0 Å². The molecular formula is C8H13O2. The molecule has 0 amide bonds. The minimum absolute atomic E-state index is 0.0903. The second-order valence-electron chi connectivity index (χ2n) is 2.72. The third-order valence-corrected chi connectivity index (χ3v) is 1.72. The fourth-order valence-corrected chi connectivity index (χ4v) is 0.816. The Hall–Kier alpha value is -0.530. The van der Waals surface area contributed by atoms with Gasteiger partial charge >= 0.3 is 5.97 Å². The first-order valence-corrected chi connectivity index (χ1v) is 3.76. The number of rotatable bonds is 3. The van der Waals surface area contributed by atoms with Crippen LogP contribution in [-0.2, 0) is 9.53 Å². The van der Waals surface area contributed by atoms with E-state index in [1.807, 2.05) is 0 Å². The molecule has 0 aromatic rings. The van der Waals surface area contributed by atoms with Crippen molar-refractivity contribution in [2.75, 3.05) is 0 Å². The SMILES string of the molecule is [CH2]C(OC(=O)CC)C1CC1. The van der Waals surface area contributed by atoms with Gasteiger partial charge in [0, 0.05) is 6.42 Å². The van der Waals surface area contributed by atoms with Crippen molar-refractivity contribution in [2.24, 2.45) is 5.92 Å². The van der Waals surface area contributed by atoms with Crippen LogP contribution in [0.5, 0.6) is 0 Å². The Morgan fingerprint density at radius 3 is 2.80 bits per heavy atom. The molecule has 1 aliphatic carbocycles. The van der Waals surface area contributed by atoms with Crippen molar-refractivity contribution < 1.29 is 9.53 Å². The van der Waals surface area contributed by atoms with Crippen molar-refractivity contribution >= 4 is 5.97 Å². The molecular weight excluding hydrogens is 128 g/mol. The number of carbonyl (C=O) groups excluding carboxylic acids is 1. The van der Waals surface area contributed by atoms with Crippen LogP contribution in [0.4, 0.5) is 0 Å². The third kappa shape index (κ3) is 2.01.